The molecule has 0 bridgehead atoms. The van der Waals surface area contributed by atoms with Gasteiger partial charge in [0, 0.05) is 50.6 Å². The van der Waals surface area contributed by atoms with Gasteiger partial charge >= 0.3 is 0 Å². The highest BCUT2D eigenvalue weighted by Gasteiger charge is 2.59. The average molecular weight is 560 g/mol. The third-order valence-electron chi connectivity index (χ3n) is 9.21. The molecule has 0 saturated carbocycles. The van der Waals surface area contributed by atoms with Crippen molar-refractivity contribution in [3.8, 4) is 16.9 Å². The first-order valence-corrected chi connectivity index (χ1v) is 13.8. The van der Waals surface area contributed by atoms with Gasteiger partial charge in [0.15, 0.2) is 11.4 Å². The molecule has 0 radical (unpaired) electrons. The van der Waals surface area contributed by atoms with E-state index in [-0.39, 0.29) is 36.1 Å². The van der Waals surface area contributed by atoms with Crippen LogP contribution in [0.4, 0.5) is 0 Å². The number of Topliss-reactive ketones (excluding diaryl/α,β-unsaturated/α-hetero) is 2. The highest BCUT2D eigenvalue weighted by Crippen LogP contribution is 2.52. The van der Waals surface area contributed by atoms with Crippen LogP contribution in [0, 0.1) is 11.8 Å². The molecule has 1 heterocycles. The molecular formula is C31H33N3O7. The van der Waals surface area contributed by atoms with Crippen LogP contribution < -0.4 is 5.73 Å². The number of carbonyl (C=O) groups is 3. The number of phenols is 1. The fourth-order valence-electron chi connectivity index (χ4n) is 6.94. The number of rotatable bonds is 4. The Kier molecular flexibility index (Phi) is 6.52. The van der Waals surface area contributed by atoms with E-state index in [1.807, 2.05) is 12.1 Å². The summed E-state index contributed by atoms with van der Waals surface area (Å²) in [6, 6.07) is 11.3. The number of ketones is 2. The number of aliphatic hydroxyl groups excluding tert-OH is 2. The van der Waals surface area contributed by atoms with Gasteiger partial charge in [-0.1, -0.05) is 30.3 Å². The van der Waals surface area contributed by atoms with Crippen molar-refractivity contribution in [2.45, 2.75) is 31.4 Å². The zero-order valence-electron chi connectivity index (χ0n) is 22.8. The summed E-state index contributed by atoms with van der Waals surface area (Å²) in [7, 11) is 2.12. The first kappa shape index (κ1) is 27.2. The second-order valence-corrected chi connectivity index (χ2v) is 11.7. The number of allylic oxidation sites excluding steroid dienone is 2. The normalized spacial score (nSPS) is 27.0. The van der Waals surface area contributed by atoms with E-state index < -0.39 is 52.0 Å². The molecule has 1 amide bonds. The molecule has 214 valence electrons. The Morgan fingerprint density at radius 2 is 1.68 bits per heavy atom. The van der Waals surface area contributed by atoms with Gasteiger partial charge in [-0.3, -0.25) is 19.3 Å². The maximum atomic E-state index is 13.8. The Hall–Kier alpha value is -3.99. The summed E-state index contributed by atoms with van der Waals surface area (Å²) in [5.74, 6) is -6.32. The van der Waals surface area contributed by atoms with Crippen molar-refractivity contribution in [3.05, 3.63) is 75.8 Å². The first-order valence-electron chi connectivity index (χ1n) is 13.8. The van der Waals surface area contributed by atoms with Gasteiger partial charge in [0.05, 0.1) is 5.56 Å². The van der Waals surface area contributed by atoms with Crippen LogP contribution in [0.5, 0.6) is 5.75 Å². The Balaban J connectivity index is 1.35. The largest absolute Gasteiger partial charge is 0.511 e. The lowest BCUT2D eigenvalue weighted by Gasteiger charge is -2.45. The van der Waals surface area contributed by atoms with Crippen molar-refractivity contribution in [2.75, 3.05) is 33.2 Å². The van der Waals surface area contributed by atoms with Gasteiger partial charge < -0.3 is 31.1 Å². The third-order valence-corrected chi connectivity index (χ3v) is 9.21. The highest BCUT2D eigenvalue weighted by molar-refractivity contribution is 6.24. The van der Waals surface area contributed by atoms with Gasteiger partial charge in [-0.2, -0.15) is 0 Å². The number of piperazine rings is 1. The molecule has 2 aromatic carbocycles. The summed E-state index contributed by atoms with van der Waals surface area (Å²) in [5.41, 5.74) is 5.21. The number of benzene rings is 2. The number of nitrogens with zero attached hydrogens (tertiary/aromatic N) is 2. The minimum atomic E-state index is -2.57. The number of carbonyl (C=O) groups excluding carboxylic acids is 3. The van der Waals surface area contributed by atoms with E-state index in [9.17, 15) is 34.8 Å². The number of hydrogen-bond donors (Lipinski definition) is 5. The molecule has 6 N–H and O–H groups in total. The van der Waals surface area contributed by atoms with Crippen LogP contribution in [0.3, 0.4) is 0 Å². The molecule has 2 aromatic rings. The lowest BCUT2D eigenvalue weighted by Crippen LogP contribution is -2.57. The van der Waals surface area contributed by atoms with Crippen molar-refractivity contribution in [2.24, 2.45) is 17.6 Å². The first-order chi connectivity index (χ1) is 19.5. The molecule has 1 saturated heterocycles. The molecular weight excluding hydrogens is 526 g/mol. The van der Waals surface area contributed by atoms with Gasteiger partial charge in [0.25, 0.3) is 5.91 Å². The van der Waals surface area contributed by atoms with Crippen LogP contribution in [0.15, 0.2) is 59.1 Å². The molecule has 10 heteroatoms. The number of nitrogens with two attached hydrogens (primary N) is 1. The number of hydrogen-bond acceptors (Lipinski definition) is 9. The van der Waals surface area contributed by atoms with Crippen molar-refractivity contribution >= 4 is 17.5 Å². The summed E-state index contributed by atoms with van der Waals surface area (Å²) in [4.78, 5) is 43.5. The maximum Gasteiger partial charge on any atom is 0.255 e. The molecule has 1 fully saturated rings. The van der Waals surface area contributed by atoms with Crippen LogP contribution in [0.25, 0.3) is 11.1 Å². The van der Waals surface area contributed by atoms with E-state index in [0.717, 1.165) is 43.9 Å². The predicted molar refractivity (Wildman–Crippen MR) is 149 cm³/mol. The molecule has 3 atom stereocenters. The van der Waals surface area contributed by atoms with Crippen LogP contribution in [-0.4, -0.2) is 86.5 Å². The number of amides is 1. The van der Waals surface area contributed by atoms with Gasteiger partial charge in [-0.25, -0.2) is 0 Å². The van der Waals surface area contributed by atoms with E-state index in [4.69, 9.17) is 5.73 Å². The van der Waals surface area contributed by atoms with E-state index in [0.29, 0.717) is 5.56 Å². The number of fused-ring (bicyclic) bond motifs is 3. The molecule has 2 unspecified atom stereocenters. The predicted octanol–water partition coefficient (Wildman–Crippen LogP) is 1.99. The van der Waals surface area contributed by atoms with Gasteiger partial charge in [0.1, 0.15) is 22.8 Å². The van der Waals surface area contributed by atoms with Crippen LogP contribution in [0.1, 0.15) is 34.3 Å². The van der Waals surface area contributed by atoms with Gasteiger partial charge in [0.2, 0.25) is 5.78 Å². The zero-order chi connectivity index (χ0) is 29.2. The maximum absolute atomic E-state index is 13.8. The number of aromatic hydroxyl groups is 1. The van der Waals surface area contributed by atoms with Crippen molar-refractivity contribution in [1.29, 1.82) is 0 Å². The quantitative estimate of drug-likeness (QED) is 0.352. The van der Waals surface area contributed by atoms with Crippen LogP contribution in [-0.2, 0) is 22.6 Å². The van der Waals surface area contributed by atoms with E-state index in [1.165, 1.54) is 11.6 Å². The molecule has 3 aliphatic carbocycles. The second kappa shape index (κ2) is 9.83. The molecule has 0 spiro atoms. The number of phenolic OH excluding ortho intramolecular Hbond substituents is 1. The Bertz CT molecular complexity index is 1540. The molecule has 10 nitrogen and oxygen atoms in total. The van der Waals surface area contributed by atoms with Crippen LogP contribution in [0.2, 0.25) is 0 Å². The molecule has 41 heavy (non-hydrogen) atoms. The molecule has 0 aromatic heterocycles. The summed E-state index contributed by atoms with van der Waals surface area (Å²) in [5, 5.41) is 43.7. The minimum absolute atomic E-state index is 0.0145. The van der Waals surface area contributed by atoms with E-state index in [2.05, 4.69) is 29.0 Å². The van der Waals surface area contributed by atoms with Gasteiger partial charge in [-0.05, 0) is 54.1 Å². The topological polar surface area (TPSA) is 165 Å². The standard InChI is InChI=1S/C31H33N3O7/c1-33-8-10-34(11-9-33)15-16-2-4-17(5-3-16)20-6-7-22(35)25-21(20)13-18-12-19-14-23(36)26(30(32)40)29(39)31(19,41)28(38)24(18)27(25)37/h2-7,18-19,35-36,38,41H,8-15H2,1H3,(H2,32,40)/t18?,19?,31-/m0/s1. The summed E-state index contributed by atoms with van der Waals surface area (Å²) in [6.45, 7) is 4.93. The smallest absolute Gasteiger partial charge is 0.255 e. The Morgan fingerprint density at radius 1 is 1.00 bits per heavy atom. The zero-order valence-corrected chi connectivity index (χ0v) is 22.8. The fourth-order valence-corrected chi connectivity index (χ4v) is 6.94. The summed E-state index contributed by atoms with van der Waals surface area (Å²) >= 11 is 0. The lowest BCUT2D eigenvalue weighted by atomic mass is 9.60. The molecule has 1 aliphatic heterocycles. The average Bonchev–Trinajstić information content (AvgIpc) is 2.92. The van der Waals surface area contributed by atoms with Crippen molar-refractivity contribution < 1.29 is 34.8 Å². The summed E-state index contributed by atoms with van der Waals surface area (Å²) < 4.78 is 0. The van der Waals surface area contributed by atoms with Crippen LogP contribution >= 0.6 is 0 Å². The monoisotopic (exact) mass is 559 g/mol. The third kappa shape index (κ3) is 4.25. The number of aliphatic hydroxyl groups is 3. The van der Waals surface area contributed by atoms with E-state index >= 15 is 0 Å². The Labute approximate surface area is 237 Å². The SMILES string of the molecule is CN1CCN(Cc2ccc(-c3ccc(O)c4c3CC3CC5CC(O)=C(C(N)=O)C(=O)[C@@]5(O)C(O)=C3C4=O)cc2)CC1. The highest BCUT2D eigenvalue weighted by atomic mass is 16.3. The molecule has 6 rings (SSSR count). The van der Waals surface area contributed by atoms with Crippen molar-refractivity contribution in [3.63, 3.8) is 0 Å². The number of primary amides is 1. The van der Waals surface area contributed by atoms with Gasteiger partial charge in [-0.15, -0.1) is 0 Å². The number of likely N-dealkylation sites (N-methyl/N-ethyl adjacent to an activating group) is 1. The fraction of sp³-hybridized carbons (Fsp3) is 0.387. The van der Waals surface area contributed by atoms with E-state index in [1.54, 1.807) is 6.07 Å². The lowest BCUT2D eigenvalue weighted by molar-refractivity contribution is -0.144. The van der Waals surface area contributed by atoms with Crippen molar-refractivity contribution in [1.82, 2.24) is 9.80 Å². The minimum Gasteiger partial charge on any atom is -0.511 e. The summed E-state index contributed by atoms with van der Waals surface area (Å²) in [6.07, 6.45) is 0.111. The Morgan fingerprint density at radius 3 is 2.34 bits per heavy atom. The second-order valence-electron chi connectivity index (χ2n) is 11.7. The molecule has 4 aliphatic rings.